The number of carbonyl (C=O) groups excluding carboxylic acids is 1. The zero-order valence-electron chi connectivity index (χ0n) is 15.5. The fourth-order valence-corrected chi connectivity index (χ4v) is 6.26. The van der Waals surface area contributed by atoms with E-state index < -0.39 is 22.0 Å². The maximum Gasteiger partial charge on any atom is 0.286 e. The number of nitrogens with one attached hydrogen (secondary N) is 1. The highest BCUT2D eigenvalue weighted by atomic mass is 35.5. The lowest BCUT2D eigenvalue weighted by molar-refractivity contribution is 0.102. The van der Waals surface area contributed by atoms with Crippen molar-refractivity contribution in [3.8, 4) is 0 Å². The monoisotopic (exact) mass is 482 g/mol. The number of benzene rings is 2. The van der Waals surface area contributed by atoms with Gasteiger partial charge < -0.3 is 5.32 Å². The molecule has 1 aliphatic rings. The fourth-order valence-electron chi connectivity index (χ4n) is 3.22. The summed E-state index contributed by atoms with van der Waals surface area (Å²) in [6.07, 6.45) is 1.30. The van der Waals surface area contributed by atoms with E-state index in [1.807, 2.05) is 0 Å². The molecule has 0 spiro atoms. The number of nitrogens with zero attached hydrogens (tertiary/aromatic N) is 3. The first-order valence-corrected chi connectivity index (χ1v) is 12.0. The minimum atomic E-state index is -3.75. The Hall–Kier alpha value is -2.04. The zero-order chi connectivity index (χ0) is 21.3. The summed E-state index contributed by atoms with van der Waals surface area (Å²) in [5, 5.41) is 12.4. The van der Waals surface area contributed by atoms with Gasteiger partial charge in [0.25, 0.3) is 5.91 Å². The lowest BCUT2D eigenvalue weighted by Gasteiger charge is -2.22. The molecular weight excluding hydrogens is 467 g/mol. The molecule has 4 rings (SSSR count). The molecule has 30 heavy (non-hydrogen) atoms. The van der Waals surface area contributed by atoms with E-state index in [4.69, 9.17) is 23.2 Å². The molecule has 1 saturated heterocycles. The molecule has 0 bridgehead atoms. The molecule has 2 heterocycles. The van der Waals surface area contributed by atoms with Gasteiger partial charge in [0.05, 0.1) is 10.9 Å². The first kappa shape index (κ1) is 21.2. The van der Waals surface area contributed by atoms with Crippen molar-refractivity contribution in [2.45, 2.75) is 23.8 Å². The van der Waals surface area contributed by atoms with Crippen molar-refractivity contribution < 1.29 is 13.2 Å². The molecule has 1 amide bonds. The lowest BCUT2D eigenvalue weighted by Crippen LogP contribution is -2.30. The molecule has 1 atom stereocenters. The molecule has 11 heteroatoms. The van der Waals surface area contributed by atoms with Gasteiger partial charge in [-0.15, -0.1) is 10.2 Å². The maximum atomic E-state index is 13.1. The van der Waals surface area contributed by atoms with Crippen LogP contribution in [0.25, 0.3) is 0 Å². The predicted molar refractivity (Wildman–Crippen MR) is 117 cm³/mol. The Morgan fingerprint density at radius 1 is 1.10 bits per heavy atom. The highest BCUT2D eigenvalue weighted by molar-refractivity contribution is 7.89. The second kappa shape index (κ2) is 8.60. The summed E-state index contributed by atoms with van der Waals surface area (Å²) < 4.78 is 27.6. The van der Waals surface area contributed by atoms with Gasteiger partial charge in [-0.3, -0.25) is 4.79 Å². The van der Waals surface area contributed by atoms with E-state index in [0.29, 0.717) is 40.1 Å². The van der Waals surface area contributed by atoms with Gasteiger partial charge in [-0.2, -0.15) is 4.31 Å². The first-order valence-electron chi connectivity index (χ1n) is 9.02. The van der Waals surface area contributed by atoms with E-state index in [1.165, 1.54) is 16.4 Å². The number of hydrogen-bond donors (Lipinski definition) is 1. The Morgan fingerprint density at radius 2 is 1.87 bits per heavy atom. The Balaban J connectivity index is 1.55. The number of rotatable bonds is 5. The van der Waals surface area contributed by atoms with Gasteiger partial charge in [-0.25, -0.2) is 8.42 Å². The van der Waals surface area contributed by atoms with Crippen LogP contribution in [0.1, 0.15) is 33.7 Å². The van der Waals surface area contributed by atoms with Gasteiger partial charge in [0.15, 0.2) is 0 Å². The molecular formula is C19H16Cl2N4O3S2. The maximum absolute atomic E-state index is 13.1. The van der Waals surface area contributed by atoms with Gasteiger partial charge in [0.2, 0.25) is 15.0 Å². The van der Waals surface area contributed by atoms with Crippen molar-refractivity contribution in [2.75, 3.05) is 11.9 Å². The van der Waals surface area contributed by atoms with Crippen LogP contribution in [0.2, 0.25) is 10.0 Å². The summed E-state index contributed by atoms with van der Waals surface area (Å²) in [5.41, 5.74) is 0.576. The summed E-state index contributed by atoms with van der Waals surface area (Å²) in [4.78, 5) is 12.6. The van der Waals surface area contributed by atoms with Crippen molar-refractivity contribution in [1.29, 1.82) is 0 Å². The molecule has 0 saturated carbocycles. The number of halogens is 2. The quantitative estimate of drug-likeness (QED) is 0.572. The minimum absolute atomic E-state index is 0.132. The molecule has 1 aliphatic heterocycles. The van der Waals surface area contributed by atoms with Crippen molar-refractivity contribution in [1.82, 2.24) is 14.5 Å². The van der Waals surface area contributed by atoms with Gasteiger partial charge in [0.1, 0.15) is 5.01 Å². The number of carbonyl (C=O) groups is 1. The van der Waals surface area contributed by atoms with E-state index >= 15 is 0 Å². The molecule has 1 fully saturated rings. The average molecular weight is 483 g/mol. The molecule has 0 radical (unpaired) electrons. The van der Waals surface area contributed by atoms with Crippen LogP contribution in [0, 0.1) is 0 Å². The lowest BCUT2D eigenvalue weighted by atomic mass is 10.2. The molecule has 3 aromatic rings. The molecule has 0 aliphatic carbocycles. The second-order valence-electron chi connectivity index (χ2n) is 6.64. The molecule has 156 valence electrons. The second-order valence-corrected chi connectivity index (χ2v) is 10.4. The highest BCUT2D eigenvalue weighted by Crippen LogP contribution is 2.38. The van der Waals surface area contributed by atoms with Crippen molar-refractivity contribution in [2.24, 2.45) is 0 Å². The summed E-state index contributed by atoms with van der Waals surface area (Å²) in [5.74, 6) is -0.414. The third-order valence-electron chi connectivity index (χ3n) is 4.63. The van der Waals surface area contributed by atoms with E-state index in [1.54, 1.807) is 36.4 Å². The first-order chi connectivity index (χ1) is 14.3. The molecule has 1 N–H and O–H groups in total. The largest absolute Gasteiger partial charge is 0.320 e. The van der Waals surface area contributed by atoms with E-state index in [0.717, 1.165) is 11.3 Å². The Kier molecular flexibility index (Phi) is 6.08. The van der Waals surface area contributed by atoms with Gasteiger partial charge >= 0.3 is 0 Å². The zero-order valence-corrected chi connectivity index (χ0v) is 18.6. The Labute approximate surface area is 187 Å². The number of sulfonamides is 1. The van der Waals surface area contributed by atoms with Crippen LogP contribution in [0.4, 0.5) is 5.69 Å². The van der Waals surface area contributed by atoms with Gasteiger partial charge in [0, 0.05) is 22.3 Å². The van der Waals surface area contributed by atoms with Crippen molar-refractivity contribution in [3.05, 3.63) is 68.6 Å². The van der Waals surface area contributed by atoms with E-state index in [9.17, 15) is 13.2 Å². The Morgan fingerprint density at radius 3 is 2.60 bits per heavy atom. The van der Waals surface area contributed by atoms with Crippen molar-refractivity contribution >= 4 is 56.2 Å². The van der Waals surface area contributed by atoms with Crippen LogP contribution < -0.4 is 5.32 Å². The third kappa shape index (κ3) is 4.35. The normalized spacial score (nSPS) is 17.2. The fraction of sp³-hybridized carbons (Fsp3) is 0.211. The van der Waals surface area contributed by atoms with Crippen LogP contribution in [0.3, 0.4) is 0 Å². The van der Waals surface area contributed by atoms with E-state index in [-0.39, 0.29) is 9.90 Å². The topological polar surface area (TPSA) is 92.3 Å². The molecule has 7 nitrogen and oxygen atoms in total. The molecule has 0 unspecified atom stereocenters. The average Bonchev–Trinajstić information content (AvgIpc) is 3.39. The number of amides is 1. The standard InChI is InChI=1S/C19H16Cl2N4O3S2/c20-12-6-8-14(9-7-12)22-17(26)19-24-23-18(29-19)16-5-2-10-25(16)30(27,28)15-4-1-3-13(21)11-15/h1,3-4,6-9,11,16H,2,5,10H2,(H,22,26)/t16-/m0/s1. The van der Waals surface area contributed by atoms with Crippen LogP contribution >= 0.6 is 34.5 Å². The summed E-state index contributed by atoms with van der Waals surface area (Å²) in [7, 11) is -3.75. The van der Waals surface area contributed by atoms with Gasteiger partial charge in [-0.1, -0.05) is 40.6 Å². The summed E-state index contributed by atoms with van der Waals surface area (Å²) in [6.45, 7) is 0.366. The summed E-state index contributed by atoms with van der Waals surface area (Å²) >= 11 is 12.9. The van der Waals surface area contributed by atoms with Crippen LogP contribution in [0.15, 0.2) is 53.4 Å². The number of aromatic nitrogens is 2. The van der Waals surface area contributed by atoms with Crippen molar-refractivity contribution in [3.63, 3.8) is 0 Å². The molecule has 1 aromatic heterocycles. The van der Waals surface area contributed by atoms with Crippen LogP contribution in [-0.2, 0) is 10.0 Å². The van der Waals surface area contributed by atoms with Crippen LogP contribution in [0.5, 0.6) is 0 Å². The third-order valence-corrected chi connectivity index (χ3v) is 8.04. The van der Waals surface area contributed by atoms with E-state index in [2.05, 4.69) is 15.5 Å². The SMILES string of the molecule is O=C(Nc1ccc(Cl)cc1)c1nnc([C@@H]2CCCN2S(=O)(=O)c2cccc(Cl)c2)s1. The highest BCUT2D eigenvalue weighted by Gasteiger charge is 2.38. The van der Waals surface area contributed by atoms with Crippen LogP contribution in [-0.4, -0.2) is 35.4 Å². The smallest absolute Gasteiger partial charge is 0.286 e. The number of anilines is 1. The molecule has 2 aromatic carbocycles. The number of hydrogen-bond acceptors (Lipinski definition) is 6. The predicted octanol–water partition coefficient (Wildman–Crippen LogP) is 4.62. The Bertz CT molecular complexity index is 1180. The van der Waals surface area contributed by atoms with Gasteiger partial charge in [-0.05, 0) is 55.3 Å². The summed E-state index contributed by atoms with van der Waals surface area (Å²) in [6, 6.07) is 12.4. The minimum Gasteiger partial charge on any atom is -0.320 e.